The minimum atomic E-state index is -2.64. The zero-order valence-corrected chi connectivity index (χ0v) is 25.6. The number of rotatable bonds is 8. The Bertz CT molecular complexity index is 1580. The number of hydrogen-bond acceptors (Lipinski definition) is 9. The fourth-order valence-corrected chi connectivity index (χ4v) is 6.09. The Morgan fingerprint density at radius 3 is 2.65 bits per heavy atom. The maximum atomic E-state index is 13.3. The summed E-state index contributed by atoms with van der Waals surface area (Å²) in [5.74, 6) is 1.69. The molecule has 2 aromatic carbocycles. The van der Waals surface area contributed by atoms with Crippen molar-refractivity contribution >= 4 is 51.5 Å². The van der Waals surface area contributed by atoms with Crippen LogP contribution in [0.3, 0.4) is 0 Å². The molecule has 2 aromatic heterocycles. The van der Waals surface area contributed by atoms with E-state index in [1.165, 1.54) is 0 Å². The summed E-state index contributed by atoms with van der Waals surface area (Å²) in [6.45, 7) is 7.79. The topological polar surface area (TPSA) is 115 Å². The van der Waals surface area contributed by atoms with Crippen LogP contribution in [-0.2, 0) is 16.3 Å². The maximum Gasteiger partial charge on any atom is 0.229 e. The molecule has 210 valence electrons. The number of nitrogens with one attached hydrogen (secondary N) is 3. The smallest absolute Gasteiger partial charge is 0.229 e. The Hall–Kier alpha value is -3.24. The normalized spacial score (nSPS) is 15.6. The monoisotopic (exact) mass is 625 g/mol. The van der Waals surface area contributed by atoms with E-state index in [-0.39, 0.29) is 6.10 Å². The molecule has 0 spiro atoms. The van der Waals surface area contributed by atoms with Gasteiger partial charge in [-0.15, -0.1) is 0 Å². The summed E-state index contributed by atoms with van der Waals surface area (Å²) in [6.07, 6.45) is 5.35. The predicted molar refractivity (Wildman–Crippen MR) is 163 cm³/mol. The zero-order chi connectivity index (χ0) is 28.4. The lowest BCUT2D eigenvalue weighted by Gasteiger charge is -2.26. The first-order chi connectivity index (χ1) is 19.1. The van der Waals surface area contributed by atoms with Gasteiger partial charge in [0.25, 0.3) is 0 Å². The highest BCUT2D eigenvalue weighted by Crippen LogP contribution is 2.40. The van der Waals surface area contributed by atoms with Crippen molar-refractivity contribution in [3.05, 3.63) is 64.5 Å². The van der Waals surface area contributed by atoms with Crippen molar-refractivity contribution in [1.29, 1.82) is 0 Å². The van der Waals surface area contributed by atoms with Crippen LogP contribution in [0.1, 0.15) is 17.2 Å². The van der Waals surface area contributed by atoms with Crippen molar-refractivity contribution in [1.82, 2.24) is 25.1 Å². The van der Waals surface area contributed by atoms with E-state index in [9.17, 15) is 4.57 Å². The Morgan fingerprint density at radius 2 is 1.98 bits per heavy atom. The van der Waals surface area contributed by atoms with Crippen LogP contribution in [0.5, 0.6) is 5.75 Å². The lowest BCUT2D eigenvalue weighted by Crippen LogP contribution is -2.33. The molecular weight excluding hydrogens is 593 g/mol. The number of aryl methyl sites for hydroxylation is 2. The molecule has 0 radical (unpaired) electrons. The van der Waals surface area contributed by atoms with Gasteiger partial charge in [-0.25, -0.2) is 4.98 Å². The van der Waals surface area contributed by atoms with Gasteiger partial charge >= 0.3 is 0 Å². The van der Waals surface area contributed by atoms with Crippen molar-refractivity contribution < 1.29 is 14.0 Å². The van der Waals surface area contributed by atoms with Crippen LogP contribution < -0.4 is 26.0 Å². The van der Waals surface area contributed by atoms with Gasteiger partial charge in [-0.3, -0.25) is 4.68 Å². The van der Waals surface area contributed by atoms with Gasteiger partial charge < -0.3 is 30.0 Å². The second kappa shape index (κ2) is 11.7. The quantitative estimate of drug-likeness (QED) is 0.223. The Labute approximate surface area is 242 Å². The predicted octanol–water partition coefficient (Wildman–Crippen LogP) is 5.35. The highest BCUT2D eigenvalue weighted by molar-refractivity contribution is 9.10. The second-order valence-electron chi connectivity index (χ2n) is 10.1. The third-order valence-corrected chi connectivity index (χ3v) is 8.82. The molecule has 0 amide bonds. The fourth-order valence-electron chi connectivity index (χ4n) is 4.63. The Morgan fingerprint density at radius 1 is 1.15 bits per heavy atom. The summed E-state index contributed by atoms with van der Waals surface area (Å²) in [7, 11) is 0.889. The molecule has 0 saturated carbocycles. The number of nitrogens with zero attached hydrogens (tertiary/aromatic N) is 4. The third-order valence-electron chi connectivity index (χ3n) is 6.71. The Kier molecular flexibility index (Phi) is 8.28. The van der Waals surface area contributed by atoms with Crippen molar-refractivity contribution in [3.63, 3.8) is 0 Å². The number of ether oxygens (including phenoxy) is 2. The van der Waals surface area contributed by atoms with E-state index in [0.717, 1.165) is 57.8 Å². The highest BCUT2D eigenvalue weighted by atomic mass is 79.9. The van der Waals surface area contributed by atoms with E-state index < -0.39 is 7.14 Å². The molecule has 0 aliphatic carbocycles. The maximum absolute atomic E-state index is 13.3. The number of halogens is 1. The van der Waals surface area contributed by atoms with Gasteiger partial charge in [-0.1, -0.05) is 6.07 Å². The molecule has 1 aliphatic heterocycles. The minimum absolute atomic E-state index is 0.0666. The molecule has 3 heterocycles. The number of anilines is 4. The standard InChI is InChI=1S/C28H33BrN7O3P/c1-17-10-20(25-15-30-8-9-39-25)24(38-3)12-23(17)34-28-31-14-21(29)27(35-28)33-22-7-6-18(11-26(22)40(4,5)37)19-13-32-36(2)16-19/h6-7,10-14,16,25,30H,8-9,15H2,1-5H3,(H2,31,33,34,35). The van der Waals surface area contributed by atoms with Gasteiger partial charge in [0.2, 0.25) is 5.95 Å². The zero-order valence-electron chi connectivity index (χ0n) is 23.2. The summed E-state index contributed by atoms with van der Waals surface area (Å²) < 4.78 is 27.4. The van der Waals surface area contributed by atoms with Gasteiger partial charge in [-0.2, -0.15) is 10.1 Å². The minimum Gasteiger partial charge on any atom is -0.496 e. The fraction of sp³-hybridized carbons (Fsp3) is 0.321. The highest BCUT2D eigenvalue weighted by Gasteiger charge is 2.22. The van der Waals surface area contributed by atoms with Crippen LogP contribution in [0, 0.1) is 6.92 Å². The summed E-state index contributed by atoms with van der Waals surface area (Å²) in [6, 6.07) is 9.88. The van der Waals surface area contributed by atoms with Gasteiger partial charge in [0.1, 0.15) is 18.7 Å². The molecular formula is C28H33BrN7O3P. The number of methoxy groups -OCH3 is 1. The number of aromatic nitrogens is 4. The van der Waals surface area contributed by atoms with E-state index in [2.05, 4.69) is 48.0 Å². The van der Waals surface area contributed by atoms with Crippen LogP contribution in [0.2, 0.25) is 0 Å². The van der Waals surface area contributed by atoms with Gasteiger partial charge in [0.15, 0.2) is 0 Å². The van der Waals surface area contributed by atoms with Crippen LogP contribution >= 0.6 is 23.1 Å². The molecule has 5 rings (SSSR count). The van der Waals surface area contributed by atoms with Crippen molar-refractivity contribution in [2.75, 3.05) is 50.8 Å². The lowest BCUT2D eigenvalue weighted by molar-refractivity contribution is 0.0262. The lowest BCUT2D eigenvalue weighted by atomic mass is 10.0. The first-order valence-corrected chi connectivity index (χ1v) is 16.3. The molecule has 4 aromatic rings. The van der Waals surface area contributed by atoms with E-state index >= 15 is 0 Å². The first kappa shape index (κ1) is 28.3. The van der Waals surface area contributed by atoms with E-state index in [4.69, 9.17) is 14.5 Å². The third kappa shape index (κ3) is 6.23. The van der Waals surface area contributed by atoms with E-state index in [1.54, 1.807) is 37.5 Å². The van der Waals surface area contributed by atoms with Crippen LogP contribution in [0.15, 0.2) is 53.4 Å². The van der Waals surface area contributed by atoms with Crippen molar-refractivity contribution in [3.8, 4) is 16.9 Å². The molecule has 10 nitrogen and oxygen atoms in total. The second-order valence-corrected chi connectivity index (χ2v) is 14.1. The molecule has 12 heteroatoms. The SMILES string of the molecule is COc1cc(Nc2ncc(Br)c(Nc3ccc(-c4cnn(C)c4)cc3P(C)(C)=O)n2)c(C)cc1C1CNCCO1. The number of benzene rings is 2. The molecule has 0 bridgehead atoms. The van der Waals surface area contributed by atoms with Crippen molar-refractivity contribution in [2.24, 2.45) is 7.05 Å². The Balaban J connectivity index is 1.43. The van der Waals surface area contributed by atoms with E-state index in [1.807, 2.05) is 44.4 Å². The molecule has 1 saturated heterocycles. The average molecular weight is 626 g/mol. The number of morpholine rings is 1. The van der Waals surface area contributed by atoms with Crippen LogP contribution in [0.4, 0.5) is 23.1 Å². The molecule has 1 fully saturated rings. The van der Waals surface area contributed by atoms with Crippen LogP contribution in [-0.4, -0.2) is 59.9 Å². The van der Waals surface area contributed by atoms with Crippen molar-refractivity contribution in [2.45, 2.75) is 13.0 Å². The summed E-state index contributed by atoms with van der Waals surface area (Å²) in [5, 5.41) is 15.0. The average Bonchev–Trinajstić information content (AvgIpc) is 3.37. The van der Waals surface area contributed by atoms with Crippen LogP contribution in [0.25, 0.3) is 11.1 Å². The molecule has 3 N–H and O–H groups in total. The van der Waals surface area contributed by atoms with E-state index in [0.29, 0.717) is 22.8 Å². The molecule has 1 atom stereocenters. The largest absolute Gasteiger partial charge is 0.496 e. The first-order valence-electron chi connectivity index (χ1n) is 12.9. The summed E-state index contributed by atoms with van der Waals surface area (Å²) in [5.41, 5.74) is 5.46. The summed E-state index contributed by atoms with van der Waals surface area (Å²) >= 11 is 3.56. The summed E-state index contributed by atoms with van der Waals surface area (Å²) in [4.78, 5) is 9.18. The number of hydrogen-bond donors (Lipinski definition) is 3. The molecule has 1 unspecified atom stereocenters. The molecule has 1 aliphatic rings. The van der Waals surface area contributed by atoms with Gasteiger partial charge in [0.05, 0.1) is 36.2 Å². The van der Waals surface area contributed by atoms with Gasteiger partial charge in [-0.05, 0) is 65.5 Å². The molecule has 40 heavy (non-hydrogen) atoms. The van der Waals surface area contributed by atoms with Gasteiger partial charge in [0, 0.05) is 60.7 Å².